The Morgan fingerprint density at radius 2 is 1.19 bits per heavy atom. The van der Waals surface area contributed by atoms with Crippen LogP contribution in [0.25, 0.3) is 0 Å². The van der Waals surface area contributed by atoms with Crippen LogP contribution in [0.5, 0.6) is 0 Å². The van der Waals surface area contributed by atoms with Crippen molar-refractivity contribution in [2.45, 2.75) is 39.8 Å². The van der Waals surface area contributed by atoms with Gasteiger partial charge in [0.15, 0.2) is 0 Å². The number of carbonyl (C=O) groups excluding carboxylic acids is 4. The van der Waals surface area contributed by atoms with Crippen LogP contribution < -0.4 is 10.6 Å². The number of hydrogen-bond acceptors (Lipinski definition) is 4. The van der Waals surface area contributed by atoms with Gasteiger partial charge in [0, 0.05) is 49.4 Å². The van der Waals surface area contributed by atoms with Crippen molar-refractivity contribution >= 4 is 23.6 Å². The van der Waals surface area contributed by atoms with Gasteiger partial charge in [-0.15, -0.1) is 0 Å². The third-order valence-corrected chi connectivity index (χ3v) is 3.92. The third-order valence-electron chi connectivity index (χ3n) is 3.92. The van der Waals surface area contributed by atoms with Crippen LogP contribution in [0.4, 0.5) is 0 Å². The van der Waals surface area contributed by atoms with Crippen LogP contribution in [0.15, 0.2) is 24.3 Å². The van der Waals surface area contributed by atoms with Crippen molar-refractivity contribution in [3.63, 3.8) is 0 Å². The molecule has 0 aliphatic carbocycles. The van der Waals surface area contributed by atoms with E-state index in [0.29, 0.717) is 24.2 Å². The van der Waals surface area contributed by atoms with Gasteiger partial charge in [0.05, 0.1) is 0 Å². The van der Waals surface area contributed by atoms with Crippen molar-refractivity contribution in [1.82, 2.24) is 20.4 Å². The molecule has 8 heteroatoms. The van der Waals surface area contributed by atoms with E-state index in [9.17, 15) is 19.2 Å². The number of hydrogen-bond donors (Lipinski definition) is 2. The minimum absolute atomic E-state index is 0.249. The zero-order chi connectivity index (χ0) is 20.0. The Morgan fingerprint density at radius 1 is 0.885 bits per heavy atom. The van der Waals surface area contributed by atoms with E-state index < -0.39 is 11.8 Å². The van der Waals surface area contributed by atoms with Crippen LogP contribution in [-0.2, 0) is 19.2 Å². The molecule has 0 spiro atoms. The molecule has 0 radical (unpaired) electrons. The zero-order valence-electron chi connectivity index (χ0n) is 15.9. The summed E-state index contributed by atoms with van der Waals surface area (Å²) in [5, 5.41) is 5.45. The summed E-state index contributed by atoms with van der Waals surface area (Å²) >= 11 is 0. The first-order chi connectivity index (χ1) is 12.0. The lowest BCUT2D eigenvalue weighted by Crippen LogP contribution is -2.59. The predicted octanol–water partition coefficient (Wildman–Crippen LogP) is -0.181. The molecule has 0 aromatic rings. The molecule has 2 atom stereocenters. The molecule has 1 aliphatic heterocycles. The van der Waals surface area contributed by atoms with Gasteiger partial charge in [0.2, 0.25) is 11.8 Å². The van der Waals surface area contributed by atoms with E-state index in [1.165, 1.54) is 9.80 Å². The van der Waals surface area contributed by atoms with Crippen LogP contribution in [-0.4, -0.2) is 71.7 Å². The monoisotopic (exact) mass is 364 g/mol. The van der Waals surface area contributed by atoms with Gasteiger partial charge >= 0.3 is 11.8 Å². The molecule has 0 aromatic carbocycles. The van der Waals surface area contributed by atoms with Crippen molar-refractivity contribution in [3.8, 4) is 0 Å². The summed E-state index contributed by atoms with van der Waals surface area (Å²) in [6, 6.07) is -0.590. The van der Waals surface area contributed by atoms with E-state index in [1.807, 2.05) is 0 Å². The molecule has 8 nitrogen and oxygen atoms in total. The minimum atomic E-state index is -0.605. The SMILES string of the molecule is C=C(C)C(=O)NC(C)CN1CCN(CC(C)NC(=O)C(=C)C)C(=O)C1=O. The molecule has 144 valence electrons. The molecular formula is C18H28N4O4. The lowest BCUT2D eigenvalue weighted by atomic mass is 10.2. The highest BCUT2D eigenvalue weighted by Gasteiger charge is 2.33. The maximum atomic E-state index is 12.3. The molecule has 1 rings (SSSR count). The van der Waals surface area contributed by atoms with Crippen molar-refractivity contribution in [3.05, 3.63) is 24.3 Å². The predicted molar refractivity (Wildman–Crippen MR) is 98.0 cm³/mol. The van der Waals surface area contributed by atoms with Gasteiger partial charge in [-0.05, 0) is 27.7 Å². The maximum absolute atomic E-state index is 12.3. The molecule has 2 N–H and O–H groups in total. The summed E-state index contributed by atoms with van der Waals surface area (Å²) in [6.45, 7) is 15.1. The van der Waals surface area contributed by atoms with Crippen LogP contribution >= 0.6 is 0 Å². The Labute approximate surface area is 154 Å². The smallest absolute Gasteiger partial charge is 0.312 e. The molecule has 1 heterocycles. The normalized spacial score (nSPS) is 16.8. The number of nitrogens with one attached hydrogen (secondary N) is 2. The van der Waals surface area contributed by atoms with Crippen LogP contribution in [0.1, 0.15) is 27.7 Å². The summed E-state index contributed by atoms with van der Waals surface area (Å²) in [7, 11) is 0. The fraction of sp³-hybridized carbons (Fsp3) is 0.556. The second-order valence-corrected chi connectivity index (χ2v) is 6.81. The largest absolute Gasteiger partial charge is 0.348 e. The molecule has 2 unspecified atom stereocenters. The lowest BCUT2D eigenvalue weighted by molar-refractivity contribution is -0.156. The topological polar surface area (TPSA) is 98.8 Å². The van der Waals surface area contributed by atoms with Crippen molar-refractivity contribution < 1.29 is 19.2 Å². The first-order valence-corrected chi connectivity index (χ1v) is 8.53. The Morgan fingerprint density at radius 3 is 1.46 bits per heavy atom. The number of rotatable bonds is 8. The Balaban J connectivity index is 2.56. The van der Waals surface area contributed by atoms with Crippen LogP contribution in [0.3, 0.4) is 0 Å². The first-order valence-electron chi connectivity index (χ1n) is 8.53. The summed E-state index contributed by atoms with van der Waals surface area (Å²) in [6.07, 6.45) is 0. The number of amides is 4. The van der Waals surface area contributed by atoms with Gasteiger partial charge in [-0.2, -0.15) is 0 Å². The molecule has 0 saturated carbocycles. The summed E-state index contributed by atoms with van der Waals surface area (Å²) in [5.74, 6) is -1.77. The van der Waals surface area contributed by atoms with Gasteiger partial charge in [-0.3, -0.25) is 19.2 Å². The van der Waals surface area contributed by atoms with Gasteiger partial charge < -0.3 is 20.4 Å². The molecule has 26 heavy (non-hydrogen) atoms. The zero-order valence-corrected chi connectivity index (χ0v) is 15.9. The van der Waals surface area contributed by atoms with Crippen LogP contribution in [0.2, 0.25) is 0 Å². The number of piperazine rings is 1. The fourth-order valence-electron chi connectivity index (χ4n) is 2.51. The Bertz CT molecular complexity index is 575. The second kappa shape index (κ2) is 9.17. The van der Waals surface area contributed by atoms with Gasteiger partial charge in [-0.25, -0.2) is 0 Å². The lowest BCUT2D eigenvalue weighted by Gasteiger charge is -2.36. The number of carbonyl (C=O) groups is 4. The van der Waals surface area contributed by atoms with E-state index >= 15 is 0 Å². The van der Waals surface area contributed by atoms with Crippen LogP contribution in [0, 0.1) is 0 Å². The van der Waals surface area contributed by atoms with Crippen molar-refractivity contribution in [2.75, 3.05) is 26.2 Å². The highest BCUT2D eigenvalue weighted by molar-refractivity contribution is 6.35. The van der Waals surface area contributed by atoms with Gasteiger partial charge in [0.1, 0.15) is 0 Å². The van der Waals surface area contributed by atoms with Crippen molar-refractivity contribution in [2.24, 2.45) is 0 Å². The molecule has 1 fully saturated rings. The van der Waals surface area contributed by atoms with E-state index in [-0.39, 0.29) is 37.0 Å². The minimum Gasteiger partial charge on any atom is -0.348 e. The summed E-state index contributed by atoms with van der Waals surface area (Å²) < 4.78 is 0. The Kier molecular flexibility index (Phi) is 7.55. The molecule has 1 aliphatic rings. The van der Waals surface area contributed by atoms with Crippen molar-refractivity contribution in [1.29, 1.82) is 0 Å². The average Bonchev–Trinajstić information content (AvgIpc) is 2.54. The maximum Gasteiger partial charge on any atom is 0.312 e. The molecule has 4 amide bonds. The van der Waals surface area contributed by atoms with E-state index in [4.69, 9.17) is 0 Å². The quantitative estimate of drug-likeness (QED) is 0.461. The average molecular weight is 364 g/mol. The molecule has 1 saturated heterocycles. The fourth-order valence-corrected chi connectivity index (χ4v) is 2.51. The second-order valence-electron chi connectivity index (χ2n) is 6.81. The highest BCUT2D eigenvalue weighted by Crippen LogP contribution is 2.07. The summed E-state index contributed by atoms with van der Waals surface area (Å²) in [5.41, 5.74) is 0.768. The van der Waals surface area contributed by atoms with E-state index in [2.05, 4.69) is 23.8 Å². The molecular weight excluding hydrogens is 336 g/mol. The van der Waals surface area contributed by atoms with E-state index in [1.54, 1.807) is 27.7 Å². The first kappa shape index (κ1) is 21.4. The molecule has 0 bridgehead atoms. The molecule has 0 aromatic heterocycles. The van der Waals surface area contributed by atoms with Gasteiger partial charge in [0.25, 0.3) is 0 Å². The Hall–Kier alpha value is -2.64. The number of nitrogens with zero attached hydrogens (tertiary/aromatic N) is 2. The third kappa shape index (κ3) is 6.02. The standard InChI is InChI=1S/C18H28N4O4/c1-11(2)15(23)19-13(5)9-21-7-8-22(18(26)17(21)25)10-14(6)20-16(24)12(3)4/h13-14H,1,3,7-10H2,2,4-6H3,(H,19,23)(H,20,24). The highest BCUT2D eigenvalue weighted by atomic mass is 16.2. The van der Waals surface area contributed by atoms with Gasteiger partial charge in [-0.1, -0.05) is 13.2 Å². The van der Waals surface area contributed by atoms with E-state index in [0.717, 1.165) is 0 Å². The summed E-state index contributed by atoms with van der Waals surface area (Å²) in [4.78, 5) is 50.7.